The van der Waals surface area contributed by atoms with E-state index in [-0.39, 0.29) is 24.6 Å². The zero-order chi connectivity index (χ0) is 7.84. The molecule has 2 aliphatic rings. The molecule has 1 N–H and O–H groups in total. The van der Waals surface area contributed by atoms with Gasteiger partial charge in [-0.25, -0.2) is 0 Å². The molecule has 2 saturated heterocycles. The van der Waals surface area contributed by atoms with Crippen molar-refractivity contribution in [1.82, 2.24) is 0 Å². The molecule has 2 rings (SSSR count). The second kappa shape index (κ2) is 2.46. The van der Waals surface area contributed by atoms with Gasteiger partial charge in [-0.3, -0.25) is 4.79 Å². The lowest BCUT2D eigenvalue weighted by Gasteiger charge is -2.15. The van der Waals surface area contributed by atoms with Gasteiger partial charge in [0.25, 0.3) is 0 Å². The Morgan fingerprint density at radius 3 is 3.09 bits per heavy atom. The van der Waals surface area contributed by atoms with Gasteiger partial charge in [0, 0.05) is 0 Å². The van der Waals surface area contributed by atoms with Gasteiger partial charge in [0.05, 0.1) is 18.6 Å². The van der Waals surface area contributed by atoms with Crippen LogP contribution in [0.1, 0.15) is 6.42 Å². The molecule has 0 saturated carbocycles. The molecule has 0 aliphatic carbocycles. The van der Waals surface area contributed by atoms with E-state index in [0.29, 0.717) is 13.0 Å². The summed E-state index contributed by atoms with van der Waals surface area (Å²) in [6.07, 6.45) is -0.210. The summed E-state index contributed by atoms with van der Waals surface area (Å²) in [5, 5.41) is 9.29. The van der Waals surface area contributed by atoms with Gasteiger partial charge >= 0.3 is 5.97 Å². The summed E-state index contributed by atoms with van der Waals surface area (Å²) in [6.45, 7) is 0.487. The molecule has 0 unspecified atom stereocenters. The van der Waals surface area contributed by atoms with E-state index in [2.05, 4.69) is 0 Å². The van der Waals surface area contributed by atoms with E-state index in [1.54, 1.807) is 0 Å². The highest BCUT2D eigenvalue weighted by molar-refractivity contribution is 5.73. The molecular weight excluding hydrogens is 148 g/mol. The lowest BCUT2D eigenvalue weighted by atomic mass is 10.1. The number of rotatable bonds is 0. The molecule has 0 aromatic rings. The van der Waals surface area contributed by atoms with Gasteiger partial charge < -0.3 is 14.6 Å². The van der Waals surface area contributed by atoms with Crippen LogP contribution in [0.3, 0.4) is 0 Å². The molecular formula is C7H10O4. The molecule has 0 spiro atoms. The van der Waals surface area contributed by atoms with Crippen LogP contribution < -0.4 is 0 Å². The molecule has 0 aromatic carbocycles. The summed E-state index contributed by atoms with van der Waals surface area (Å²) in [5.41, 5.74) is 0. The molecule has 0 aromatic heterocycles. The molecule has 2 heterocycles. The van der Waals surface area contributed by atoms with Crippen molar-refractivity contribution in [1.29, 1.82) is 0 Å². The fraction of sp³-hybridized carbons (Fsp3) is 0.857. The smallest absolute Gasteiger partial charge is 0.311 e. The Balaban J connectivity index is 2.13. The minimum atomic E-state index is -0.633. The van der Waals surface area contributed by atoms with Crippen LogP contribution in [0.15, 0.2) is 0 Å². The quantitative estimate of drug-likeness (QED) is 0.474. The Kier molecular flexibility index (Phi) is 1.58. The van der Waals surface area contributed by atoms with E-state index >= 15 is 0 Å². The normalized spacial score (nSPS) is 43.4. The van der Waals surface area contributed by atoms with Gasteiger partial charge in [-0.1, -0.05) is 0 Å². The van der Waals surface area contributed by atoms with Gasteiger partial charge in [0.1, 0.15) is 12.7 Å². The zero-order valence-electron chi connectivity index (χ0n) is 6.03. The molecule has 2 fully saturated rings. The number of esters is 1. The van der Waals surface area contributed by atoms with Crippen LogP contribution in [0.2, 0.25) is 0 Å². The Morgan fingerprint density at radius 1 is 1.45 bits per heavy atom. The molecule has 4 heteroatoms. The van der Waals surface area contributed by atoms with Gasteiger partial charge in [0.2, 0.25) is 0 Å². The first-order valence-corrected chi connectivity index (χ1v) is 3.73. The van der Waals surface area contributed by atoms with Gasteiger partial charge in [-0.15, -0.1) is 0 Å². The third-order valence-corrected chi connectivity index (χ3v) is 2.19. The third kappa shape index (κ3) is 1.12. The number of ether oxygens (including phenoxy) is 2. The second-order valence-electron chi connectivity index (χ2n) is 3.00. The topological polar surface area (TPSA) is 55.8 Å². The van der Waals surface area contributed by atoms with Crippen LogP contribution in [0.4, 0.5) is 0 Å². The van der Waals surface area contributed by atoms with E-state index in [0.717, 1.165) is 0 Å². The minimum Gasteiger partial charge on any atom is -0.463 e. The summed E-state index contributed by atoms with van der Waals surface area (Å²) in [5.74, 6) is -0.374. The highest BCUT2D eigenvalue weighted by Crippen LogP contribution is 2.26. The van der Waals surface area contributed by atoms with Gasteiger partial charge in [-0.05, 0) is 6.42 Å². The Bertz CT molecular complexity index is 179. The predicted molar refractivity (Wildman–Crippen MR) is 34.8 cm³/mol. The third-order valence-electron chi connectivity index (χ3n) is 2.19. The van der Waals surface area contributed by atoms with E-state index in [4.69, 9.17) is 9.47 Å². The highest BCUT2D eigenvalue weighted by atomic mass is 16.6. The number of aliphatic hydroxyl groups is 1. The summed E-state index contributed by atoms with van der Waals surface area (Å²) in [4.78, 5) is 11.0. The molecule has 3 atom stereocenters. The molecule has 4 nitrogen and oxygen atoms in total. The average Bonchev–Trinajstić information content (AvgIpc) is 2.42. The Hall–Kier alpha value is -0.610. The summed E-state index contributed by atoms with van der Waals surface area (Å²) >= 11 is 0. The molecule has 0 amide bonds. The van der Waals surface area contributed by atoms with Crippen molar-refractivity contribution in [2.24, 2.45) is 5.92 Å². The van der Waals surface area contributed by atoms with Crippen molar-refractivity contribution in [2.45, 2.75) is 18.6 Å². The minimum absolute atomic E-state index is 0.0833. The van der Waals surface area contributed by atoms with E-state index in [1.165, 1.54) is 0 Å². The molecule has 2 aliphatic heterocycles. The maximum Gasteiger partial charge on any atom is 0.311 e. The zero-order valence-corrected chi connectivity index (χ0v) is 6.03. The van der Waals surface area contributed by atoms with Crippen LogP contribution in [0.5, 0.6) is 0 Å². The summed E-state index contributed by atoms with van der Waals surface area (Å²) < 4.78 is 9.97. The molecule has 62 valence electrons. The maximum absolute atomic E-state index is 11.0. The number of fused-ring (bicyclic) bond motifs is 2. The number of hydrogen-bond acceptors (Lipinski definition) is 4. The highest BCUT2D eigenvalue weighted by Gasteiger charge is 2.39. The van der Waals surface area contributed by atoms with Crippen molar-refractivity contribution >= 4 is 5.97 Å². The van der Waals surface area contributed by atoms with Crippen LogP contribution in [-0.4, -0.2) is 36.5 Å². The van der Waals surface area contributed by atoms with Crippen LogP contribution >= 0.6 is 0 Å². The van der Waals surface area contributed by atoms with Crippen molar-refractivity contribution < 1.29 is 19.4 Å². The first-order chi connectivity index (χ1) is 5.27. The standard InChI is InChI=1S/C7H10O4/c8-5-3-11-7(9)4-1-6(5)10-2-4/h4-6,8H,1-3H2/t4-,5-,6-/m0/s1. The number of carbonyl (C=O) groups excluding carboxylic acids is 1. The summed E-state index contributed by atoms with van der Waals surface area (Å²) in [6, 6.07) is 0. The van der Waals surface area contributed by atoms with Crippen molar-refractivity contribution in [2.75, 3.05) is 13.2 Å². The average molecular weight is 158 g/mol. The van der Waals surface area contributed by atoms with Gasteiger partial charge in [-0.2, -0.15) is 0 Å². The van der Waals surface area contributed by atoms with Crippen molar-refractivity contribution in [3.05, 3.63) is 0 Å². The number of cyclic esters (lactones) is 1. The van der Waals surface area contributed by atoms with Crippen molar-refractivity contribution in [3.8, 4) is 0 Å². The maximum atomic E-state index is 11.0. The first kappa shape index (κ1) is 7.06. The predicted octanol–water partition coefficient (Wildman–Crippen LogP) is -0.691. The lowest BCUT2D eigenvalue weighted by molar-refractivity contribution is -0.154. The first-order valence-electron chi connectivity index (χ1n) is 3.73. The van der Waals surface area contributed by atoms with Crippen LogP contribution in [-0.2, 0) is 14.3 Å². The molecule has 11 heavy (non-hydrogen) atoms. The molecule has 0 radical (unpaired) electrons. The fourth-order valence-electron chi connectivity index (χ4n) is 1.48. The number of carbonyl (C=O) groups is 1. The lowest BCUT2D eigenvalue weighted by Crippen LogP contribution is -2.30. The van der Waals surface area contributed by atoms with Gasteiger partial charge in [0.15, 0.2) is 0 Å². The van der Waals surface area contributed by atoms with E-state index < -0.39 is 6.10 Å². The summed E-state index contributed by atoms with van der Waals surface area (Å²) in [7, 11) is 0. The van der Waals surface area contributed by atoms with E-state index in [9.17, 15) is 9.90 Å². The van der Waals surface area contributed by atoms with E-state index in [1.807, 2.05) is 0 Å². The second-order valence-corrected chi connectivity index (χ2v) is 3.00. The van der Waals surface area contributed by atoms with Crippen LogP contribution in [0.25, 0.3) is 0 Å². The Morgan fingerprint density at radius 2 is 2.27 bits per heavy atom. The van der Waals surface area contributed by atoms with Crippen LogP contribution in [0, 0.1) is 5.92 Å². The SMILES string of the molecule is O=C1OC[C@H](O)[C@@H]2C[C@H]1CO2. The van der Waals surface area contributed by atoms with Crippen molar-refractivity contribution in [3.63, 3.8) is 0 Å². The number of hydrogen-bond donors (Lipinski definition) is 1. The largest absolute Gasteiger partial charge is 0.463 e. The fourth-order valence-corrected chi connectivity index (χ4v) is 1.48. The molecule has 2 bridgehead atoms. The number of aliphatic hydroxyl groups excluding tert-OH is 1. The Labute approximate surface area is 64.1 Å². The monoisotopic (exact) mass is 158 g/mol.